The molecule has 0 fully saturated rings. The molecule has 2 nitrogen and oxygen atoms in total. The van der Waals surface area contributed by atoms with E-state index in [4.69, 9.17) is 4.74 Å². The van der Waals surface area contributed by atoms with Crippen LogP contribution in [0.2, 0.25) is 0 Å². The van der Waals surface area contributed by atoms with Gasteiger partial charge in [0.1, 0.15) is 11.4 Å². The lowest BCUT2D eigenvalue weighted by molar-refractivity contribution is 0.125. The monoisotopic (exact) mass is 442 g/mol. The smallest absolute Gasteiger partial charge is 0.140 e. The van der Waals surface area contributed by atoms with E-state index < -0.39 is 5.60 Å². The molecule has 0 aliphatic heterocycles. The Morgan fingerprint density at radius 1 is 0.441 bits per heavy atom. The fourth-order valence-electron chi connectivity index (χ4n) is 4.40. The second kappa shape index (κ2) is 9.38. The Kier molecular flexibility index (Phi) is 5.99. The van der Waals surface area contributed by atoms with Crippen LogP contribution in [-0.4, -0.2) is 12.2 Å². The molecule has 0 saturated heterocycles. The molecule has 0 bridgehead atoms. The van der Waals surface area contributed by atoms with Crippen LogP contribution in [0.15, 0.2) is 133 Å². The minimum atomic E-state index is -1.31. The van der Waals surface area contributed by atoms with Gasteiger partial charge in [0.25, 0.3) is 0 Å². The highest BCUT2D eigenvalue weighted by molar-refractivity contribution is 5.66. The van der Waals surface area contributed by atoms with Gasteiger partial charge in [0, 0.05) is 0 Å². The molecule has 166 valence electrons. The third kappa shape index (κ3) is 4.12. The second-order valence-corrected chi connectivity index (χ2v) is 8.33. The van der Waals surface area contributed by atoms with E-state index >= 15 is 0 Å². The van der Waals surface area contributed by atoms with E-state index in [9.17, 15) is 5.11 Å². The molecule has 0 unspecified atom stereocenters. The van der Waals surface area contributed by atoms with Crippen molar-refractivity contribution in [2.24, 2.45) is 0 Å². The molecular formula is C32H26O2. The number of rotatable bonds is 6. The van der Waals surface area contributed by atoms with Crippen LogP contribution in [0, 0.1) is 0 Å². The molecule has 5 aromatic carbocycles. The Morgan fingerprint density at radius 2 is 0.765 bits per heavy atom. The zero-order chi connectivity index (χ0) is 23.4. The fraction of sp³-hybridized carbons (Fsp3) is 0.0625. The summed E-state index contributed by atoms with van der Waals surface area (Å²) in [6.07, 6.45) is 0. The highest BCUT2D eigenvalue weighted by Crippen LogP contribution is 2.39. The highest BCUT2D eigenvalue weighted by Gasteiger charge is 2.34. The zero-order valence-corrected chi connectivity index (χ0v) is 19.1. The average Bonchev–Trinajstić information content (AvgIpc) is 2.94. The Balaban J connectivity index is 1.59. The molecule has 1 N–H and O–H groups in total. The number of methoxy groups -OCH3 is 1. The van der Waals surface area contributed by atoms with E-state index in [0.717, 1.165) is 44.7 Å². The number of hydrogen-bond acceptors (Lipinski definition) is 2. The van der Waals surface area contributed by atoms with E-state index in [0.29, 0.717) is 0 Å². The lowest BCUT2D eigenvalue weighted by Crippen LogP contribution is -2.28. The summed E-state index contributed by atoms with van der Waals surface area (Å²) in [7, 11) is 1.64. The third-order valence-electron chi connectivity index (χ3n) is 6.33. The maximum atomic E-state index is 12.3. The van der Waals surface area contributed by atoms with Gasteiger partial charge in [-0.25, -0.2) is 0 Å². The Morgan fingerprint density at radius 3 is 1.12 bits per heavy atom. The van der Waals surface area contributed by atoms with Gasteiger partial charge in [-0.3, -0.25) is 0 Å². The first-order valence-corrected chi connectivity index (χ1v) is 11.4. The second-order valence-electron chi connectivity index (χ2n) is 8.33. The maximum absolute atomic E-state index is 12.3. The predicted octanol–water partition coefficient (Wildman–Crippen LogP) is 7.31. The van der Waals surface area contributed by atoms with Crippen molar-refractivity contribution in [3.63, 3.8) is 0 Å². The highest BCUT2D eigenvalue weighted by atomic mass is 16.5. The van der Waals surface area contributed by atoms with E-state index in [1.54, 1.807) is 7.11 Å². The average molecular weight is 443 g/mol. The van der Waals surface area contributed by atoms with Gasteiger partial charge in [0.05, 0.1) is 7.11 Å². The predicted molar refractivity (Wildman–Crippen MR) is 139 cm³/mol. The van der Waals surface area contributed by atoms with Crippen LogP contribution in [-0.2, 0) is 5.60 Å². The molecule has 0 saturated carbocycles. The summed E-state index contributed by atoms with van der Waals surface area (Å²) in [6.45, 7) is 0. The Labute approximate surface area is 200 Å². The quantitative estimate of drug-likeness (QED) is 0.279. The van der Waals surface area contributed by atoms with Crippen LogP contribution in [0.1, 0.15) is 16.7 Å². The first-order valence-electron chi connectivity index (χ1n) is 11.4. The lowest BCUT2D eigenvalue weighted by atomic mass is 9.79. The summed E-state index contributed by atoms with van der Waals surface area (Å²) in [4.78, 5) is 0. The van der Waals surface area contributed by atoms with Gasteiger partial charge in [-0.2, -0.15) is 0 Å². The van der Waals surface area contributed by atoms with Gasteiger partial charge in [0.2, 0.25) is 0 Å². The molecule has 0 atom stereocenters. The fourth-order valence-corrected chi connectivity index (χ4v) is 4.40. The zero-order valence-electron chi connectivity index (χ0n) is 19.1. The van der Waals surface area contributed by atoms with Crippen molar-refractivity contribution in [1.29, 1.82) is 0 Å². The topological polar surface area (TPSA) is 29.5 Å². The maximum Gasteiger partial charge on any atom is 0.140 e. The first-order chi connectivity index (χ1) is 16.7. The first kappa shape index (κ1) is 21.7. The van der Waals surface area contributed by atoms with Crippen LogP contribution in [0.3, 0.4) is 0 Å². The molecule has 5 aromatic rings. The van der Waals surface area contributed by atoms with Gasteiger partial charge in [-0.05, 0) is 51.1 Å². The summed E-state index contributed by atoms with van der Waals surface area (Å²) >= 11 is 0. The van der Waals surface area contributed by atoms with Gasteiger partial charge in [-0.1, -0.05) is 121 Å². The Bertz CT molecular complexity index is 1260. The van der Waals surface area contributed by atoms with Crippen LogP contribution in [0.4, 0.5) is 0 Å². The van der Waals surface area contributed by atoms with E-state index in [1.807, 2.05) is 84.9 Å². The lowest BCUT2D eigenvalue weighted by Gasteiger charge is -2.30. The van der Waals surface area contributed by atoms with Crippen LogP contribution in [0.5, 0.6) is 5.75 Å². The molecule has 0 aromatic heterocycles. The van der Waals surface area contributed by atoms with Crippen molar-refractivity contribution in [2.45, 2.75) is 5.60 Å². The summed E-state index contributed by atoms with van der Waals surface area (Å²) < 4.78 is 5.34. The molecule has 0 radical (unpaired) electrons. The number of aliphatic hydroxyl groups is 1. The van der Waals surface area contributed by atoms with Crippen molar-refractivity contribution in [3.05, 3.63) is 150 Å². The molecule has 2 heteroatoms. The van der Waals surface area contributed by atoms with Crippen LogP contribution < -0.4 is 4.74 Å². The molecule has 0 spiro atoms. The van der Waals surface area contributed by atoms with E-state index in [2.05, 4.69) is 48.5 Å². The molecule has 5 rings (SSSR count). The summed E-state index contributed by atoms with van der Waals surface area (Å²) in [5.41, 5.74) is 5.62. The number of hydrogen-bond donors (Lipinski definition) is 1. The largest absolute Gasteiger partial charge is 0.497 e. The van der Waals surface area contributed by atoms with Gasteiger partial charge in [0.15, 0.2) is 0 Å². The summed E-state index contributed by atoms with van der Waals surface area (Å²) in [5, 5.41) is 12.3. The molecule has 0 aliphatic carbocycles. The van der Waals surface area contributed by atoms with Crippen molar-refractivity contribution in [2.75, 3.05) is 7.11 Å². The van der Waals surface area contributed by atoms with Gasteiger partial charge < -0.3 is 9.84 Å². The standard InChI is InChI=1S/C32H26O2/c1-34-31-22-20-30(21-23-31)32(33,28-16-12-26(13-17-28)24-8-4-2-5-9-24)29-18-14-27(15-19-29)25-10-6-3-7-11-25/h2-23,33H,1H3. The molecule has 0 aliphatic rings. The molecular weight excluding hydrogens is 416 g/mol. The van der Waals surface area contributed by atoms with Crippen LogP contribution in [0.25, 0.3) is 22.3 Å². The van der Waals surface area contributed by atoms with Crippen LogP contribution >= 0.6 is 0 Å². The normalized spacial score (nSPS) is 11.2. The van der Waals surface area contributed by atoms with Gasteiger partial charge in [-0.15, -0.1) is 0 Å². The van der Waals surface area contributed by atoms with Gasteiger partial charge >= 0.3 is 0 Å². The molecule has 0 amide bonds. The SMILES string of the molecule is COc1ccc(C(O)(c2ccc(-c3ccccc3)cc2)c2ccc(-c3ccccc3)cc2)cc1. The summed E-state index contributed by atoms with van der Waals surface area (Å²) in [5.74, 6) is 0.755. The third-order valence-corrected chi connectivity index (χ3v) is 6.33. The number of benzene rings is 5. The minimum Gasteiger partial charge on any atom is -0.497 e. The van der Waals surface area contributed by atoms with E-state index in [1.165, 1.54) is 0 Å². The summed E-state index contributed by atoms with van der Waals surface area (Å²) in [6, 6.07) is 44.5. The molecule has 0 heterocycles. The number of ether oxygens (including phenoxy) is 1. The van der Waals surface area contributed by atoms with Crippen molar-refractivity contribution >= 4 is 0 Å². The van der Waals surface area contributed by atoms with Crippen molar-refractivity contribution in [1.82, 2.24) is 0 Å². The van der Waals surface area contributed by atoms with Crippen molar-refractivity contribution in [3.8, 4) is 28.0 Å². The minimum absolute atomic E-state index is 0.755. The Hall–Kier alpha value is -4.14. The van der Waals surface area contributed by atoms with Crippen molar-refractivity contribution < 1.29 is 9.84 Å². The van der Waals surface area contributed by atoms with E-state index in [-0.39, 0.29) is 0 Å². The molecule has 34 heavy (non-hydrogen) atoms.